The van der Waals surface area contributed by atoms with Crippen molar-refractivity contribution in [3.05, 3.63) is 96.1 Å². The molecule has 4 amide bonds. The minimum absolute atomic E-state index is 0.120. The largest absolute Gasteiger partial charge is 0.352 e. The number of hydrogen-bond acceptors (Lipinski definition) is 5. The Bertz CT molecular complexity index is 1630. The van der Waals surface area contributed by atoms with E-state index in [0.717, 1.165) is 43.6 Å². The fourth-order valence-corrected chi connectivity index (χ4v) is 6.40. The van der Waals surface area contributed by atoms with Gasteiger partial charge in [0, 0.05) is 29.2 Å². The molecule has 0 aliphatic carbocycles. The minimum atomic E-state index is -0.695. The first-order valence-corrected chi connectivity index (χ1v) is 14.8. The Morgan fingerprint density at radius 2 is 1.69 bits per heavy atom. The standard InChI is InChI=1S/C33H35N5O3S/c1-33(2,35)17-29(39)37-27-20-42-30-26-10-6-3-7-22(26)15-16-28(30)38(31(27)40)19-21-11-13-23(14-12-21)25-9-5-4-8-24(25)18-36-32(34)41/h3-16,27H,17-20,35H2,1-2H3,(H,37,39)(H3,34,36,41). The van der Waals surface area contributed by atoms with E-state index in [1.54, 1.807) is 30.5 Å². The third-order valence-corrected chi connectivity index (χ3v) is 8.35. The Balaban J connectivity index is 1.46. The summed E-state index contributed by atoms with van der Waals surface area (Å²) in [6.45, 7) is 4.25. The maximum Gasteiger partial charge on any atom is 0.312 e. The summed E-state index contributed by atoms with van der Waals surface area (Å²) in [5.41, 5.74) is 15.4. The van der Waals surface area contributed by atoms with Gasteiger partial charge in [0.05, 0.1) is 12.2 Å². The van der Waals surface area contributed by atoms with E-state index >= 15 is 0 Å². The summed E-state index contributed by atoms with van der Waals surface area (Å²) < 4.78 is 0. The van der Waals surface area contributed by atoms with Crippen molar-refractivity contribution >= 4 is 46.1 Å². The van der Waals surface area contributed by atoms with Crippen LogP contribution < -0.4 is 27.0 Å². The second-order valence-corrected chi connectivity index (χ2v) is 12.3. The monoisotopic (exact) mass is 581 g/mol. The summed E-state index contributed by atoms with van der Waals surface area (Å²) in [6, 6.07) is 26.7. The van der Waals surface area contributed by atoms with E-state index in [1.807, 2.05) is 72.8 Å². The van der Waals surface area contributed by atoms with Crippen LogP contribution in [0.4, 0.5) is 10.5 Å². The summed E-state index contributed by atoms with van der Waals surface area (Å²) in [4.78, 5) is 40.9. The maximum absolute atomic E-state index is 14.0. The molecule has 0 aromatic heterocycles. The maximum atomic E-state index is 14.0. The number of primary amides is 1. The number of carbonyl (C=O) groups is 3. The number of fused-ring (bicyclic) bond motifs is 3. The zero-order valence-electron chi connectivity index (χ0n) is 23.7. The number of amides is 4. The van der Waals surface area contributed by atoms with Crippen molar-refractivity contribution in [1.82, 2.24) is 10.6 Å². The molecule has 0 fully saturated rings. The predicted octanol–water partition coefficient (Wildman–Crippen LogP) is 4.93. The molecule has 4 aromatic rings. The molecule has 42 heavy (non-hydrogen) atoms. The van der Waals surface area contributed by atoms with Crippen molar-refractivity contribution in [1.29, 1.82) is 0 Å². The fraction of sp³-hybridized carbons (Fsp3) is 0.242. The van der Waals surface area contributed by atoms with Gasteiger partial charge in [-0.1, -0.05) is 78.9 Å². The zero-order valence-corrected chi connectivity index (χ0v) is 24.5. The molecule has 5 rings (SSSR count). The summed E-state index contributed by atoms with van der Waals surface area (Å²) in [7, 11) is 0. The summed E-state index contributed by atoms with van der Waals surface area (Å²) >= 11 is 1.59. The highest BCUT2D eigenvalue weighted by atomic mass is 32.2. The van der Waals surface area contributed by atoms with Crippen LogP contribution >= 0.6 is 11.8 Å². The molecule has 1 heterocycles. The quantitative estimate of drug-likeness (QED) is 0.235. The van der Waals surface area contributed by atoms with Gasteiger partial charge >= 0.3 is 6.03 Å². The van der Waals surface area contributed by atoms with Gasteiger partial charge < -0.3 is 27.0 Å². The number of hydrogen-bond donors (Lipinski definition) is 4. The first-order chi connectivity index (χ1) is 20.1. The molecule has 0 saturated heterocycles. The van der Waals surface area contributed by atoms with E-state index in [2.05, 4.69) is 22.8 Å². The van der Waals surface area contributed by atoms with Crippen LogP contribution in [0.1, 0.15) is 31.4 Å². The molecule has 0 radical (unpaired) electrons. The average Bonchev–Trinajstić information content (AvgIpc) is 3.08. The van der Waals surface area contributed by atoms with Crippen LogP contribution in [-0.2, 0) is 22.7 Å². The van der Waals surface area contributed by atoms with Gasteiger partial charge in [-0.15, -0.1) is 11.8 Å². The third kappa shape index (κ3) is 6.75. The minimum Gasteiger partial charge on any atom is -0.352 e. The molecule has 4 aromatic carbocycles. The molecule has 1 aliphatic rings. The number of thioether (sulfide) groups is 1. The Morgan fingerprint density at radius 3 is 2.43 bits per heavy atom. The number of nitrogens with two attached hydrogens (primary N) is 2. The molecule has 216 valence electrons. The van der Waals surface area contributed by atoms with E-state index in [0.29, 0.717) is 18.8 Å². The second-order valence-electron chi connectivity index (χ2n) is 11.2. The van der Waals surface area contributed by atoms with Crippen molar-refractivity contribution in [2.45, 2.75) is 49.8 Å². The van der Waals surface area contributed by atoms with Gasteiger partial charge in [-0.2, -0.15) is 0 Å². The lowest BCUT2D eigenvalue weighted by atomic mass is 9.98. The van der Waals surface area contributed by atoms with Crippen LogP contribution in [0, 0.1) is 0 Å². The second kappa shape index (κ2) is 12.3. The van der Waals surface area contributed by atoms with Crippen LogP contribution in [0.2, 0.25) is 0 Å². The van der Waals surface area contributed by atoms with Crippen molar-refractivity contribution in [2.24, 2.45) is 11.5 Å². The number of anilines is 1. The first kappa shape index (κ1) is 29.2. The lowest BCUT2D eigenvalue weighted by Gasteiger charge is -2.27. The molecular formula is C33H35N5O3S. The molecular weight excluding hydrogens is 546 g/mol. The van der Waals surface area contributed by atoms with Gasteiger partial charge in [0.25, 0.3) is 5.91 Å². The average molecular weight is 582 g/mol. The van der Waals surface area contributed by atoms with E-state index in [-0.39, 0.29) is 18.2 Å². The molecule has 6 N–H and O–H groups in total. The predicted molar refractivity (Wildman–Crippen MR) is 169 cm³/mol. The lowest BCUT2D eigenvalue weighted by Crippen LogP contribution is -2.51. The molecule has 9 heteroatoms. The van der Waals surface area contributed by atoms with Gasteiger partial charge in [-0.05, 0) is 52.9 Å². The topological polar surface area (TPSA) is 131 Å². The summed E-state index contributed by atoms with van der Waals surface area (Å²) in [6.07, 6.45) is 0.120. The third-order valence-electron chi connectivity index (χ3n) is 7.14. The zero-order chi connectivity index (χ0) is 29.9. The van der Waals surface area contributed by atoms with Gasteiger partial charge in [0.2, 0.25) is 5.91 Å². The van der Waals surface area contributed by atoms with E-state index < -0.39 is 17.6 Å². The molecule has 8 nitrogen and oxygen atoms in total. The highest BCUT2D eigenvalue weighted by molar-refractivity contribution is 7.99. The lowest BCUT2D eigenvalue weighted by molar-refractivity contribution is -0.127. The van der Waals surface area contributed by atoms with Crippen molar-refractivity contribution in [3.63, 3.8) is 0 Å². The van der Waals surface area contributed by atoms with Crippen LogP contribution in [0.5, 0.6) is 0 Å². The Kier molecular flexibility index (Phi) is 8.51. The molecule has 0 spiro atoms. The van der Waals surface area contributed by atoms with Crippen molar-refractivity contribution < 1.29 is 14.4 Å². The SMILES string of the molecule is CC(C)(N)CC(=O)NC1CSc2c(ccc3ccccc23)N(Cc2ccc(-c3ccccc3CNC(N)=O)cc2)C1=O. The number of nitrogens with one attached hydrogen (secondary N) is 2. The summed E-state index contributed by atoms with van der Waals surface area (Å²) in [5.74, 6) is 0.0139. The van der Waals surface area contributed by atoms with E-state index in [9.17, 15) is 14.4 Å². The number of benzene rings is 4. The highest BCUT2D eigenvalue weighted by Gasteiger charge is 2.33. The van der Waals surface area contributed by atoms with Gasteiger partial charge in [0.15, 0.2) is 0 Å². The number of urea groups is 1. The molecule has 1 atom stereocenters. The number of rotatable bonds is 8. The van der Waals surface area contributed by atoms with Crippen LogP contribution in [-0.4, -0.2) is 35.2 Å². The van der Waals surface area contributed by atoms with E-state index in [4.69, 9.17) is 11.5 Å². The molecule has 0 saturated carbocycles. The van der Waals surface area contributed by atoms with Crippen LogP contribution in [0.25, 0.3) is 21.9 Å². The Morgan fingerprint density at radius 1 is 0.976 bits per heavy atom. The Labute approximate surface area is 249 Å². The Hall–Kier alpha value is -4.34. The van der Waals surface area contributed by atoms with Crippen molar-refractivity contribution in [2.75, 3.05) is 10.7 Å². The summed E-state index contributed by atoms with van der Waals surface area (Å²) in [5, 5.41) is 7.78. The smallest absolute Gasteiger partial charge is 0.312 e. The van der Waals surface area contributed by atoms with E-state index in [1.165, 1.54) is 0 Å². The van der Waals surface area contributed by atoms with Gasteiger partial charge in [0.1, 0.15) is 6.04 Å². The first-order valence-electron chi connectivity index (χ1n) is 13.8. The normalized spacial score (nSPS) is 15.2. The molecule has 1 unspecified atom stereocenters. The van der Waals surface area contributed by atoms with Crippen LogP contribution in [0.3, 0.4) is 0 Å². The van der Waals surface area contributed by atoms with Crippen molar-refractivity contribution in [3.8, 4) is 11.1 Å². The van der Waals surface area contributed by atoms with Gasteiger partial charge in [-0.3, -0.25) is 9.59 Å². The van der Waals surface area contributed by atoms with Crippen LogP contribution in [0.15, 0.2) is 89.8 Å². The van der Waals surface area contributed by atoms with Gasteiger partial charge in [-0.25, -0.2) is 4.79 Å². The molecule has 1 aliphatic heterocycles. The number of nitrogens with zero attached hydrogens (tertiary/aromatic N) is 1. The highest BCUT2D eigenvalue weighted by Crippen LogP contribution is 2.40. The molecule has 0 bridgehead atoms. The fourth-order valence-electron chi connectivity index (χ4n) is 5.18. The number of carbonyl (C=O) groups excluding carboxylic acids is 3.